The molecule has 0 unspecified atom stereocenters. The van der Waals surface area contributed by atoms with E-state index in [1.54, 1.807) is 0 Å². The second-order valence-electron chi connectivity index (χ2n) is 4.86. The molecule has 0 saturated heterocycles. The summed E-state index contributed by atoms with van der Waals surface area (Å²) in [6.45, 7) is 0.943. The molecule has 0 heterocycles. The van der Waals surface area contributed by atoms with Gasteiger partial charge in [0.2, 0.25) is 0 Å². The number of aliphatic hydroxyl groups is 2. The summed E-state index contributed by atoms with van der Waals surface area (Å²) in [6.07, 6.45) is 3.84. The first-order valence-corrected chi connectivity index (χ1v) is 6.38. The zero-order chi connectivity index (χ0) is 12.1. The summed E-state index contributed by atoms with van der Waals surface area (Å²) in [5.41, 5.74) is 2.17. The summed E-state index contributed by atoms with van der Waals surface area (Å²) in [6, 6.07) is 8.54. The van der Waals surface area contributed by atoms with E-state index in [0.717, 1.165) is 37.8 Å². The van der Waals surface area contributed by atoms with Crippen LogP contribution >= 0.6 is 0 Å². The highest BCUT2D eigenvalue weighted by atomic mass is 16.3. The van der Waals surface area contributed by atoms with Crippen molar-refractivity contribution >= 4 is 0 Å². The van der Waals surface area contributed by atoms with Gasteiger partial charge in [-0.05, 0) is 36.8 Å². The standard InChI is InChI=1S/C14H21NO2/c16-10-12-3-1-2-11(8-12)9-15-13-4-6-14(17)7-5-13/h1-3,8,13-17H,4-7,9-10H2. The van der Waals surface area contributed by atoms with Crippen LogP contribution in [0, 0.1) is 0 Å². The Morgan fingerprint density at radius 3 is 2.53 bits per heavy atom. The molecule has 1 aliphatic carbocycles. The molecule has 1 aromatic carbocycles. The van der Waals surface area contributed by atoms with Crippen LogP contribution in [0.15, 0.2) is 24.3 Å². The van der Waals surface area contributed by atoms with Gasteiger partial charge >= 0.3 is 0 Å². The first-order chi connectivity index (χ1) is 8.28. The lowest BCUT2D eigenvalue weighted by Gasteiger charge is -2.26. The van der Waals surface area contributed by atoms with Crippen molar-refractivity contribution < 1.29 is 10.2 Å². The fourth-order valence-corrected chi connectivity index (χ4v) is 2.38. The molecular formula is C14H21NO2. The monoisotopic (exact) mass is 235 g/mol. The normalized spacial score (nSPS) is 24.8. The number of nitrogens with one attached hydrogen (secondary N) is 1. The van der Waals surface area contributed by atoms with E-state index in [2.05, 4.69) is 11.4 Å². The lowest BCUT2D eigenvalue weighted by Crippen LogP contribution is -2.34. The molecule has 3 heteroatoms. The predicted octanol–water partition coefficient (Wildman–Crippen LogP) is 1.57. The molecule has 0 aliphatic heterocycles. The van der Waals surface area contributed by atoms with Gasteiger partial charge in [0.1, 0.15) is 0 Å². The molecule has 3 nitrogen and oxygen atoms in total. The summed E-state index contributed by atoms with van der Waals surface area (Å²) in [5, 5.41) is 22.0. The van der Waals surface area contributed by atoms with Gasteiger partial charge in [0.05, 0.1) is 12.7 Å². The van der Waals surface area contributed by atoms with E-state index < -0.39 is 0 Å². The molecule has 1 fully saturated rings. The number of aliphatic hydroxyl groups excluding tert-OH is 2. The fraction of sp³-hybridized carbons (Fsp3) is 0.571. The molecule has 1 aromatic rings. The smallest absolute Gasteiger partial charge is 0.0681 e. The first kappa shape index (κ1) is 12.6. The minimum absolute atomic E-state index is 0.0919. The van der Waals surface area contributed by atoms with Crippen LogP contribution < -0.4 is 5.32 Å². The van der Waals surface area contributed by atoms with Crippen molar-refractivity contribution in [3.8, 4) is 0 Å². The van der Waals surface area contributed by atoms with Crippen molar-refractivity contribution in [3.63, 3.8) is 0 Å². The third-order valence-electron chi connectivity index (χ3n) is 3.47. The molecule has 94 valence electrons. The highest BCUT2D eigenvalue weighted by Crippen LogP contribution is 2.18. The fourth-order valence-electron chi connectivity index (χ4n) is 2.38. The van der Waals surface area contributed by atoms with Crippen molar-refractivity contribution in [1.29, 1.82) is 0 Å². The number of hydrogen-bond acceptors (Lipinski definition) is 3. The SMILES string of the molecule is OCc1cccc(CNC2CCC(O)CC2)c1. The summed E-state index contributed by atoms with van der Waals surface area (Å²) < 4.78 is 0. The van der Waals surface area contributed by atoms with E-state index in [-0.39, 0.29) is 12.7 Å². The number of benzene rings is 1. The lowest BCUT2D eigenvalue weighted by atomic mass is 9.93. The van der Waals surface area contributed by atoms with Crippen LogP contribution in [0.2, 0.25) is 0 Å². The van der Waals surface area contributed by atoms with Gasteiger partial charge in [-0.3, -0.25) is 0 Å². The summed E-state index contributed by atoms with van der Waals surface area (Å²) >= 11 is 0. The van der Waals surface area contributed by atoms with Crippen LogP contribution in [0.4, 0.5) is 0 Å². The Kier molecular flexibility index (Phi) is 4.54. The third kappa shape index (κ3) is 3.80. The van der Waals surface area contributed by atoms with Crippen LogP contribution in [0.3, 0.4) is 0 Å². The maximum Gasteiger partial charge on any atom is 0.0681 e. The zero-order valence-corrected chi connectivity index (χ0v) is 10.1. The quantitative estimate of drug-likeness (QED) is 0.742. The Labute approximate surface area is 102 Å². The van der Waals surface area contributed by atoms with E-state index >= 15 is 0 Å². The van der Waals surface area contributed by atoms with Crippen LogP contribution in [-0.2, 0) is 13.2 Å². The Balaban J connectivity index is 1.81. The molecular weight excluding hydrogens is 214 g/mol. The molecule has 0 aromatic heterocycles. The number of hydrogen-bond donors (Lipinski definition) is 3. The van der Waals surface area contributed by atoms with E-state index in [9.17, 15) is 5.11 Å². The second-order valence-corrected chi connectivity index (χ2v) is 4.86. The van der Waals surface area contributed by atoms with Gasteiger partial charge in [-0.15, -0.1) is 0 Å². The third-order valence-corrected chi connectivity index (χ3v) is 3.47. The molecule has 2 rings (SSSR count). The molecule has 0 spiro atoms. The largest absolute Gasteiger partial charge is 0.393 e. The van der Waals surface area contributed by atoms with Gasteiger partial charge in [0.15, 0.2) is 0 Å². The highest BCUT2D eigenvalue weighted by molar-refractivity contribution is 5.22. The van der Waals surface area contributed by atoms with Crippen LogP contribution in [0.5, 0.6) is 0 Å². The van der Waals surface area contributed by atoms with Crippen LogP contribution in [0.25, 0.3) is 0 Å². The summed E-state index contributed by atoms with van der Waals surface area (Å²) in [7, 11) is 0. The first-order valence-electron chi connectivity index (χ1n) is 6.38. The predicted molar refractivity (Wildman–Crippen MR) is 67.5 cm³/mol. The second kappa shape index (κ2) is 6.15. The number of rotatable bonds is 4. The maximum absolute atomic E-state index is 9.42. The van der Waals surface area contributed by atoms with Gasteiger partial charge in [-0.25, -0.2) is 0 Å². The van der Waals surface area contributed by atoms with Crippen molar-refractivity contribution in [1.82, 2.24) is 5.32 Å². The maximum atomic E-state index is 9.42. The topological polar surface area (TPSA) is 52.5 Å². The van der Waals surface area contributed by atoms with Gasteiger partial charge in [0, 0.05) is 12.6 Å². The molecule has 3 N–H and O–H groups in total. The van der Waals surface area contributed by atoms with E-state index in [1.165, 1.54) is 5.56 Å². The van der Waals surface area contributed by atoms with Crippen LogP contribution in [0.1, 0.15) is 36.8 Å². The van der Waals surface area contributed by atoms with Gasteiger partial charge in [-0.1, -0.05) is 24.3 Å². The summed E-state index contributed by atoms with van der Waals surface area (Å²) in [5.74, 6) is 0. The Morgan fingerprint density at radius 1 is 1.12 bits per heavy atom. The van der Waals surface area contributed by atoms with Crippen LogP contribution in [-0.4, -0.2) is 22.4 Å². The molecule has 1 aliphatic rings. The van der Waals surface area contributed by atoms with Gasteiger partial charge < -0.3 is 15.5 Å². The Bertz CT molecular complexity index is 346. The molecule has 0 radical (unpaired) electrons. The van der Waals surface area contributed by atoms with Crippen molar-refractivity contribution in [2.75, 3.05) is 0 Å². The lowest BCUT2D eigenvalue weighted by molar-refractivity contribution is 0.116. The minimum atomic E-state index is -0.0919. The Hall–Kier alpha value is -0.900. The van der Waals surface area contributed by atoms with Crippen molar-refractivity contribution in [3.05, 3.63) is 35.4 Å². The van der Waals surface area contributed by atoms with E-state index in [1.807, 2.05) is 18.2 Å². The molecule has 1 saturated carbocycles. The molecule has 0 amide bonds. The van der Waals surface area contributed by atoms with E-state index in [4.69, 9.17) is 5.11 Å². The molecule has 17 heavy (non-hydrogen) atoms. The van der Waals surface area contributed by atoms with E-state index in [0.29, 0.717) is 6.04 Å². The minimum Gasteiger partial charge on any atom is -0.393 e. The van der Waals surface area contributed by atoms with Gasteiger partial charge in [-0.2, -0.15) is 0 Å². The molecule has 0 bridgehead atoms. The average Bonchev–Trinajstić information content (AvgIpc) is 2.38. The summed E-state index contributed by atoms with van der Waals surface area (Å²) in [4.78, 5) is 0. The average molecular weight is 235 g/mol. The van der Waals surface area contributed by atoms with Gasteiger partial charge in [0.25, 0.3) is 0 Å². The highest BCUT2D eigenvalue weighted by Gasteiger charge is 2.18. The van der Waals surface area contributed by atoms with Crippen molar-refractivity contribution in [2.24, 2.45) is 0 Å². The van der Waals surface area contributed by atoms with Crippen molar-refractivity contribution in [2.45, 2.75) is 51.0 Å². The Morgan fingerprint density at radius 2 is 1.82 bits per heavy atom. The molecule has 0 atom stereocenters. The zero-order valence-electron chi connectivity index (χ0n) is 10.1.